The number of hydrogen-bond acceptors (Lipinski definition) is 3. The van der Waals surface area contributed by atoms with Gasteiger partial charge in [-0.2, -0.15) is 0 Å². The van der Waals surface area contributed by atoms with Crippen molar-refractivity contribution >= 4 is 16.1 Å². The number of sulfonamides is 1. The van der Waals surface area contributed by atoms with Crippen LogP contribution in [0.1, 0.15) is 31.2 Å². The Kier molecular flexibility index (Phi) is 5.34. The summed E-state index contributed by atoms with van der Waals surface area (Å²) >= 11 is 0. The van der Waals surface area contributed by atoms with Crippen LogP contribution in [0.15, 0.2) is 35.7 Å². The third kappa shape index (κ3) is 5.07. The second kappa shape index (κ2) is 7.02. The zero-order valence-corrected chi connectivity index (χ0v) is 12.2. The molecular weight excluding hydrogens is 274 g/mol. The molecule has 0 heterocycles. The summed E-state index contributed by atoms with van der Waals surface area (Å²) in [5, 5.41) is 10.8. The highest BCUT2D eigenvalue weighted by Crippen LogP contribution is 2.23. The van der Waals surface area contributed by atoms with Crippen LogP contribution in [0.3, 0.4) is 0 Å². The summed E-state index contributed by atoms with van der Waals surface area (Å²) in [4.78, 5) is 0. The largest absolute Gasteiger partial charge is 0.393 e. The highest BCUT2D eigenvalue weighted by Gasteiger charge is 2.21. The van der Waals surface area contributed by atoms with Crippen LogP contribution in [0.25, 0.3) is 6.08 Å². The predicted molar refractivity (Wildman–Crippen MR) is 80.4 cm³/mol. The summed E-state index contributed by atoms with van der Waals surface area (Å²) in [6, 6.07) is 9.32. The van der Waals surface area contributed by atoms with E-state index in [1.165, 1.54) is 5.41 Å². The van der Waals surface area contributed by atoms with Crippen LogP contribution >= 0.6 is 0 Å². The number of nitrogens with one attached hydrogen (secondary N) is 1. The molecule has 0 spiro atoms. The highest BCUT2D eigenvalue weighted by atomic mass is 32.2. The van der Waals surface area contributed by atoms with E-state index in [9.17, 15) is 13.5 Å². The summed E-state index contributed by atoms with van der Waals surface area (Å²) in [5.41, 5.74) is 0.853. The average molecular weight is 295 g/mol. The quantitative estimate of drug-likeness (QED) is 0.874. The number of hydrogen-bond donors (Lipinski definition) is 2. The Bertz CT molecular complexity index is 539. The van der Waals surface area contributed by atoms with E-state index in [0.717, 1.165) is 24.8 Å². The SMILES string of the molecule is O=S(=O)(/C=C/c1ccccc1)NCC1CCCC(O)C1. The van der Waals surface area contributed by atoms with Crippen molar-refractivity contribution in [3.63, 3.8) is 0 Å². The van der Waals surface area contributed by atoms with Crippen molar-refractivity contribution in [2.45, 2.75) is 31.8 Å². The summed E-state index contributed by atoms with van der Waals surface area (Å²) in [6.07, 6.45) is 4.76. The molecule has 0 saturated heterocycles. The Labute approximate surface area is 120 Å². The maximum absolute atomic E-state index is 11.9. The average Bonchev–Trinajstić information content (AvgIpc) is 2.45. The van der Waals surface area contributed by atoms with E-state index in [0.29, 0.717) is 13.0 Å². The zero-order valence-electron chi connectivity index (χ0n) is 11.4. The summed E-state index contributed by atoms with van der Waals surface area (Å²) in [7, 11) is -3.41. The van der Waals surface area contributed by atoms with Gasteiger partial charge in [-0.05, 0) is 36.8 Å². The second-order valence-corrected chi connectivity index (χ2v) is 6.94. The molecule has 0 aliphatic heterocycles. The molecule has 4 nitrogen and oxygen atoms in total. The van der Waals surface area contributed by atoms with Gasteiger partial charge >= 0.3 is 0 Å². The van der Waals surface area contributed by atoms with Gasteiger partial charge in [-0.25, -0.2) is 13.1 Å². The van der Waals surface area contributed by atoms with Gasteiger partial charge < -0.3 is 5.11 Å². The number of benzene rings is 1. The smallest absolute Gasteiger partial charge is 0.233 e. The molecule has 2 rings (SSSR count). The van der Waals surface area contributed by atoms with Crippen LogP contribution in [0.4, 0.5) is 0 Å². The van der Waals surface area contributed by atoms with Crippen LogP contribution in [0.5, 0.6) is 0 Å². The molecule has 2 atom stereocenters. The van der Waals surface area contributed by atoms with Crippen LogP contribution < -0.4 is 4.72 Å². The predicted octanol–water partition coefficient (Wildman–Crippen LogP) is 2.13. The zero-order chi connectivity index (χ0) is 14.4. The topological polar surface area (TPSA) is 66.4 Å². The Morgan fingerprint density at radius 2 is 2.00 bits per heavy atom. The monoisotopic (exact) mass is 295 g/mol. The first-order chi connectivity index (χ1) is 9.55. The van der Waals surface area contributed by atoms with Crippen LogP contribution in [-0.2, 0) is 10.0 Å². The summed E-state index contributed by atoms with van der Waals surface area (Å²) in [5.74, 6) is 0.235. The number of rotatable bonds is 5. The van der Waals surface area contributed by atoms with Gasteiger partial charge in [0.2, 0.25) is 10.0 Å². The van der Waals surface area contributed by atoms with E-state index in [4.69, 9.17) is 0 Å². The molecule has 1 aromatic rings. The molecule has 1 aromatic carbocycles. The third-order valence-corrected chi connectivity index (χ3v) is 4.63. The van der Waals surface area contributed by atoms with Crippen molar-refractivity contribution in [1.29, 1.82) is 0 Å². The molecule has 0 amide bonds. The van der Waals surface area contributed by atoms with E-state index >= 15 is 0 Å². The van der Waals surface area contributed by atoms with E-state index in [-0.39, 0.29) is 12.0 Å². The van der Waals surface area contributed by atoms with Crippen molar-refractivity contribution in [3.05, 3.63) is 41.3 Å². The fourth-order valence-electron chi connectivity index (χ4n) is 2.46. The minimum absolute atomic E-state index is 0.235. The van der Waals surface area contributed by atoms with E-state index in [1.807, 2.05) is 30.3 Å². The molecular formula is C15H21NO3S. The lowest BCUT2D eigenvalue weighted by Gasteiger charge is -2.25. The van der Waals surface area contributed by atoms with E-state index < -0.39 is 10.0 Å². The van der Waals surface area contributed by atoms with Crippen LogP contribution in [-0.4, -0.2) is 26.2 Å². The molecule has 2 N–H and O–H groups in total. The van der Waals surface area contributed by atoms with Gasteiger partial charge in [-0.15, -0.1) is 0 Å². The Morgan fingerprint density at radius 1 is 1.25 bits per heavy atom. The molecule has 1 fully saturated rings. The third-order valence-electron chi connectivity index (χ3n) is 3.57. The van der Waals surface area contributed by atoms with Gasteiger partial charge in [0.15, 0.2) is 0 Å². The lowest BCUT2D eigenvalue weighted by molar-refractivity contribution is 0.102. The standard InChI is InChI=1S/C15H21NO3S/c17-15-8-4-7-14(11-15)12-16-20(18,19)10-9-13-5-2-1-3-6-13/h1-3,5-6,9-10,14-17H,4,7-8,11-12H2/b10-9+. The molecule has 110 valence electrons. The maximum Gasteiger partial charge on any atom is 0.233 e. The molecule has 5 heteroatoms. The Morgan fingerprint density at radius 3 is 2.70 bits per heavy atom. The maximum atomic E-state index is 11.9. The van der Waals surface area contributed by atoms with Gasteiger partial charge in [-0.3, -0.25) is 0 Å². The number of aliphatic hydroxyl groups excluding tert-OH is 1. The van der Waals surface area contributed by atoms with Gasteiger partial charge in [-0.1, -0.05) is 36.8 Å². The first kappa shape index (κ1) is 15.2. The molecule has 0 aromatic heterocycles. The second-order valence-electron chi connectivity index (χ2n) is 5.29. The minimum Gasteiger partial charge on any atom is -0.393 e. The lowest BCUT2D eigenvalue weighted by Crippen LogP contribution is -2.31. The minimum atomic E-state index is -3.41. The van der Waals surface area contributed by atoms with Gasteiger partial charge in [0.1, 0.15) is 0 Å². The highest BCUT2D eigenvalue weighted by molar-refractivity contribution is 7.92. The molecule has 1 saturated carbocycles. The first-order valence-corrected chi connectivity index (χ1v) is 8.51. The summed E-state index contributed by atoms with van der Waals surface area (Å²) in [6.45, 7) is 0.401. The van der Waals surface area contributed by atoms with Crippen LogP contribution in [0.2, 0.25) is 0 Å². The fourth-order valence-corrected chi connectivity index (χ4v) is 3.36. The van der Waals surface area contributed by atoms with Crippen molar-refractivity contribution in [2.24, 2.45) is 5.92 Å². The Hall–Kier alpha value is -1.17. The fraction of sp³-hybridized carbons (Fsp3) is 0.467. The van der Waals surface area contributed by atoms with E-state index in [1.54, 1.807) is 6.08 Å². The van der Waals surface area contributed by atoms with Crippen molar-refractivity contribution in [1.82, 2.24) is 4.72 Å². The van der Waals surface area contributed by atoms with Crippen LogP contribution in [0, 0.1) is 5.92 Å². The summed E-state index contributed by atoms with van der Waals surface area (Å²) < 4.78 is 26.3. The van der Waals surface area contributed by atoms with E-state index in [2.05, 4.69) is 4.72 Å². The molecule has 0 bridgehead atoms. The Balaban J connectivity index is 1.86. The molecule has 20 heavy (non-hydrogen) atoms. The van der Waals surface area contributed by atoms with Crippen molar-refractivity contribution < 1.29 is 13.5 Å². The van der Waals surface area contributed by atoms with Crippen molar-refractivity contribution in [3.8, 4) is 0 Å². The molecule has 2 unspecified atom stereocenters. The molecule has 1 aliphatic rings. The molecule has 1 aliphatic carbocycles. The van der Waals surface area contributed by atoms with Gasteiger partial charge in [0.05, 0.1) is 6.10 Å². The van der Waals surface area contributed by atoms with Gasteiger partial charge in [0, 0.05) is 12.0 Å². The normalized spacial score (nSPS) is 24.1. The number of aliphatic hydroxyl groups is 1. The van der Waals surface area contributed by atoms with Gasteiger partial charge in [0.25, 0.3) is 0 Å². The first-order valence-electron chi connectivity index (χ1n) is 6.96. The van der Waals surface area contributed by atoms with Crippen molar-refractivity contribution in [2.75, 3.05) is 6.54 Å². The lowest BCUT2D eigenvalue weighted by atomic mass is 9.87. The molecule has 0 radical (unpaired) electrons.